The molecule has 0 atom stereocenters. The third-order valence-corrected chi connectivity index (χ3v) is 2.74. The summed E-state index contributed by atoms with van der Waals surface area (Å²) in [5.41, 5.74) is 2.02. The molecule has 2 rings (SSSR count). The number of aryl methyl sites for hydroxylation is 1. The molecule has 1 fully saturated rings. The van der Waals surface area contributed by atoms with Crippen LogP contribution in [0.4, 0.5) is 0 Å². The third-order valence-electron chi connectivity index (χ3n) is 2.74. The van der Waals surface area contributed by atoms with Gasteiger partial charge >= 0.3 is 0 Å². The molecule has 0 aliphatic carbocycles. The van der Waals surface area contributed by atoms with Crippen LogP contribution in [0.5, 0.6) is 0 Å². The molecule has 0 spiro atoms. The van der Waals surface area contributed by atoms with Crippen molar-refractivity contribution in [2.75, 3.05) is 20.1 Å². The summed E-state index contributed by atoms with van der Waals surface area (Å²) in [4.78, 5) is 2.13. The summed E-state index contributed by atoms with van der Waals surface area (Å²) in [5, 5.41) is 10.1. The number of β-amino-alcohol motifs (C(OH)–C–C–N with tert-alkyl or cyclic N) is 1. The van der Waals surface area contributed by atoms with Crippen LogP contribution in [0.25, 0.3) is 0 Å². The summed E-state index contributed by atoms with van der Waals surface area (Å²) < 4.78 is 0. The number of rotatable bonds is 2. The number of aliphatic hydroxyl groups is 1. The first kappa shape index (κ1) is 9.69. The van der Waals surface area contributed by atoms with E-state index < -0.39 is 5.60 Å². The van der Waals surface area contributed by atoms with Gasteiger partial charge in [-0.3, -0.25) is 0 Å². The Kier molecular flexibility index (Phi) is 2.33. The maximum atomic E-state index is 10.1. The second kappa shape index (κ2) is 3.37. The van der Waals surface area contributed by atoms with Gasteiger partial charge in [0.15, 0.2) is 0 Å². The third kappa shape index (κ3) is 1.97. The zero-order valence-electron chi connectivity index (χ0n) is 8.83. The molecule has 2 heteroatoms. The summed E-state index contributed by atoms with van der Waals surface area (Å²) in [6, 6.07) is 8.37. The summed E-state index contributed by atoms with van der Waals surface area (Å²) in [6.45, 7) is 3.67. The number of nitrogens with zero attached hydrogens (tertiary/aromatic N) is 1. The Labute approximate surface area is 85.2 Å². The van der Waals surface area contributed by atoms with Gasteiger partial charge in [-0.15, -0.1) is 0 Å². The average molecular weight is 191 g/mol. The van der Waals surface area contributed by atoms with Crippen LogP contribution in [-0.4, -0.2) is 35.7 Å². The molecule has 1 aliphatic rings. The van der Waals surface area contributed by atoms with Gasteiger partial charge in [0.1, 0.15) is 0 Å². The Morgan fingerprint density at radius 1 is 1.43 bits per heavy atom. The zero-order chi connectivity index (χ0) is 10.2. The van der Waals surface area contributed by atoms with Crippen LogP contribution in [0.3, 0.4) is 0 Å². The molecule has 1 aromatic carbocycles. The Balaban J connectivity index is 2.04. The van der Waals surface area contributed by atoms with E-state index in [2.05, 4.69) is 36.1 Å². The average Bonchev–Trinajstić information content (AvgIpc) is 2.00. The molecular weight excluding hydrogens is 174 g/mol. The Morgan fingerprint density at radius 2 is 2.14 bits per heavy atom. The quantitative estimate of drug-likeness (QED) is 0.759. The summed E-state index contributed by atoms with van der Waals surface area (Å²) >= 11 is 0. The molecule has 1 aromatic rings. The van der Waals surface area contributed by atoms with Gasteiger partial charge in [-0.1, -0.05) is 29.8 Å². The Bertz CT molecular complexity index is 329. The van der Waals surface area contributed by atoms with Crippen LogP contribution in [0.2, 0.25) is 0 Å². The van der Waals surface area contributed by atoms with Crippen molar-refractivity contribution in [1.29, 1.82) is 0 Å². The van der Waals surface area contributed by atoms with E-state index >= 15 is 0 Å². The van der Waals surface area contributed by atoms with Gasteiger partial charge in [0, 0.05) is 19.5 Å². The summed E-state index contributed by atoms with van der Waals surface area (Å²) in [5.74, 6) is 0. The molecular formula is C12H17NO. The lowest BCUT2D eigenvalue weighted by molar-refractivity contribution is -0.0847. The molecule has 0 unspecified atom stereocenters. The van der Waals surface area contributed by atoms with Crippen molar-refractivity contribution in [1.82, 2.24) is 4.90 Å². The number of likely N-dealkylation sites (tertiary alicyclic amines) is 1. The van der Waals surface area contributed by atoms with E-state index in [0.717, 1.165) is 19.5 Å². The largest absolute Gasteiger partial charge is 0.387 e. The van der Waals surface area contributed by atoms with E-state index in [9.17, 15) is 5.11 Å². The lowest BCUT2D eigenvalue weighted by Crippen LogP contribution is -2.61. The highest BCUT2D eigenvalue weighted by molar-refractivity contribution is 5.24. The first-order valence-corrected chi connectivity index (χ1v) is 5.04. The fourth-order valence-electron chi connectivity index (χ4n) is 2.27. The Hall–Kier alpha value is -0.860. The van der Waals surface area contributed by atoms with Crippen molar-refractivity contribution in [3.63, 3.8) is 0 Å². The van der Waals surface area contributed by atoms with Crippen LogP contribution in [0, 0.1) is 6.92 Å². The van der Waals surface area contributed by atoms with E-state index in [0.29, 0.717) is 0 Å². The first-order valence-electron chi connectivity index (χ1n) is 5.04. The van der Waals surface area contributed by atoms with E-state index in [4.69, 9.17) is 0 Å². The molecule has 14 heavy (non-hydrogen) atoms. The highest BCUT2D eigenvalue weighted by Crippen LogP contribution is 2.23. The van der Waals surface area contributed by atoms with E-state index in [1.807, 2.05) is 7.05 Å². The normalized spacial score (nSPS) is 20.5. The van der Waals surface area contributed by atoms with Crippen molar-refractivity contribution in [2.24, 2.45) is 0 Å². The number of likely N-dealkylation sites (N-methyl/N-ethyl adjacent to an activating group) is 1. The molecule has 76 valence electrons. The second-order valence-corrected chi connectivity index (χ2v) is 4.56. The molecule has 1 N–H and O–H groups in total. The molecule has 1 aliphatic heterocycles. The summed E-state index contributed by atoms with van der Waals surface area (Å²) in [7, 11) is 2.03. The molecule has 0 amide bonds. The maximum absolute atomic E-state index is 10.1. The zero-order valence-corrected chi connectivity index (χ0v) is 8.83. The predicted molar refractivity (Wildman–Crippen MR) is 57.3 cm³/mol. The van der Waals surface area contributed by atoms with Crippen molar-refractivity contribution >= 4 is 0 Å². The molecule has 0 aromatic heterocycles. The van der Waals surface area contributed by atoms with Crippen LogP contribution in [0.15, 0.2) is 24.3 Å². The van der Waals surface area contributed by atoms with Gasteiger partial charge < -0.3 is 10.0 Å². The first-order chi connectivity index (χ1) is 6.57. The van der Waals surface area contributed by atoms with E-state index in [1.54, 1.807) is 0 Å². The van der Waals surface area contributed by atoms with Gasteiger partial charge in [-0.25, -0.2) is 0 Å². The maximum Gasteiger partial charge on any atom is 0.0939 e. The molecule has 0 saturated carbocycles. The number of benzene rings is 1. The van der Waals surface area contributed by atoms with E-state index in [1.165, 1.54) is 11.1 Å². The van der Waals surface area contributed by atoms with Gasteiger partial charge in [0.25, 0.3) is 0 Å². The minimum absolute atomic E-state index is 0.484. The Morgan fingerprint density at radius 3 is 2.71 bits per heavy atom. The fraction of sp³-hybridized carbons (Fsp3) is 0.500. The molecule has 0 bridgehead atoms. The summed E-state index contributed by atoms with van der Waals surface area (Å²) in [6.07, 6.45) is 0.777. The van der Waals surface area contributed by atoms with Crippen molar-refractivity contribution in [3.05, 3.63) is 35.4 Å². The number of hydrogen-bond donors (Lipinski definition) is 1. The molecule has 2 nitrogen and oxygen atoms in total. The highest BCUT2D eigenvalue weighted by atomic mass is 16.3. The lowest BCUT2D eigenvalue weighted by Gasteiger charge is -2.44. The van der Waals surface area contributed by atoms with Gasteiger partial charge in [0.2, 0.25) is 0 Å². The molecule has 1 saturated heterocycles. The van der Waals surface area contributed by atoms with Crippen LogP contribution < -0.4 is 0 Å². The SMILES string of the molecule is Cc1cccc(CC2(O)CN(C)C2)c1. The minimum Gasteiger partial charge on any atom is -0.387 e. The fourth-order valence-corrected chi connectivity index (χ4v) is 2.27. The van der Waals surface area contributed by atoms with Gasteiger partial charge in [0.05, 0.1) is 5.60 Å². The minimum atomic E-state index is -0.484. The van der Waals surface area contributed by atoms with Crippen molar-refractivity contribution in [3.8, 4) is 0 Å². The monoisotopic (exact) mass is 191 g/mol. The van der Waals surface area contributed by atoms with E-state index in [-0.39, 0.29) is 0 Å². The van der Waals surface area contributed by atoms with Crippen LogP contribution in [-0.2, 0) is 6.42 Å². The van der Waals surface area contributed by atoms with Crippen molar-refractivity contribution < 1.29 is 5.11 Å². The second-order valence-electron chi connectivity index (χ2n) is 4.56. The van der Waals surface area contributed by atoms with Crippen LogP contribution in [0.1, 0.15) is 11.1 Å². The predicted octanol–water partition coefficient (Wildman–Crippen LogP) is 1.21. The topological polar surface area (TPSA) is 23.5 Å². The highest BCUT2D eigenvalue weighted by Gasteiger charge is 2.38. The smallest absolute Gasteiger partial charge is 0.0939 e. The molecule has 1 heterocycles. The van der Waals surface area contributed by atoms with Gasteiger partial charge in [-0.05, 0) is 19.5 Å². The standard InChI is InChI=1S/C12H17NO/c1-10-4-3-5-11(6-10)7-12(14)8-13(2)9-12/h3-6,14H,7-9H2,1-2H3. The van der Waals surface area contributed by atoms with Crippen molar-refractivity contribution in [2.45, 2.75) is 18.9 Å². The lowest BCUT2D eigenvalue weighted by atomic mass is 9.87. The molecule has 0 radical (unpaired) electrons. The van der Waals surface area contributed by atoms with Crippen LogP contribution >= 0.6 is 0 Å². The number of hydrogen-bond acceptors (Lipinski definition) is 2. The van der Waals surface area contributed by atoms with Gasteiger partial charge in [-0.2, -0.15) is 0 Å².